The Labute approximate surface area is 108 Å². The van der Waals surface area contributed by atoms with Crippen LogP contribution in [-0.2, 0) is 0 Å². The van der Waals surface area contributed by atoms with Crippen LogP contribution in [0.3, 0.4) is 0 Å². The minimum absolute atomic E-state index is 0.174. The zero-order valence-electron chi connectivity index (χ0n) is 11.4. The van der Waals surface area contributed by atoms with Crippen LogP contribution in [0.1, 0.15) is 49.9 Å². The van der Waals surface area contributed by atoms with Crippen LogP contribution in [0.25, 0.3) is 0 Å². The summed E-state index contributed by atoms with van der Waals surface area (Å²) in [6.45, 7) is 7.62. The van der Waals surface area contributed by atoms with Gasteiger partial charge in [0.05, 0.1) is 0 Å². The molecule has 1 aromatic heterocycles. The third kappa shape index (κ3) is 3.07. The minimum atomic E-state index is -0.328. The molecule has 0 aliphatic rings. The SMILES string of the molecule is CCCC/C(C)=N\n1c(C)cc(C)c(C#N)c1=O. The molecule has 0 aliphatic heterocycles. The van der Waals surface area contributed by atoms with E-state index in [1.54, 1.807) is 6.92 Å². The molecule has 4 nitrogen and oxygen atoms in total. The van der Waals surface area contributed by atoms with Gasteiger partial charge >= 0.3 is 0 Å². The van der Waals surface area contributed by atoms with Crippen molar-refractivity contribution in [2.45, 2.75) is 47.0 Å². The molecule has 0 aromatic carbocycles. The van der Waals surface area contributed by atoms with Gasteiger partial charge in [-0.1, -0.05) is 13.3 Å². The fourth-order valence-electron chi connectivity index (χ4n) is 1.79. The van der Waals surface area contributed by atoms with Gasteiger partial charge in [0, 0.05) is 11.4 Å². The monoisotopic (exact) mass is 245 g/mol. The molecule has 0 unspecified atom stereocenters. The molecular weight excluding hydrogens is 226 g/mol. The Kier molecular flexibility index (Phi) is 4.85. The van der Waals surface area contributed by atoms with Crippen molar-refractivity contribution in [2.24, 2.45) is 5.10 Å². The van der Waals surface area contributed by atoms with Gasteiger partial charge in [-0.15, -0.1) is 0 Å². The van der Waals surface area contributed by atoms with E-state index in [0.29, 0.717) is 5.56 Å². The zero-order valence-corrected chi connectivity index (χ0v) is 11.4. The second-order valence-corrected chi connectivity index (χ2v) is 4.51. The smallest absolute Gasteiger partial charge is 0.266 e. The van der Waals surface area contributed by atoms with Crippen LogP contribution in [0.2, 0.25) is 0 Å². The average molecular weight is 245 g/mol. The Bertz CT molecular complexity index is 562. The second-order valence-electron chi connectivity index (χ2n) is 4.51. The molecule has 0 radical (unpaired) electrons. The number of aryl methyl sites for hydroxylation is 2. The van der Waals surface area contributed by atoms with Crippen LogP contribution in [-0.4, -0.2) is 10.4 Å². The maximum atomic E-state index is 12.1. The Morgan fingerprint density at radius 2 is 2.17 bits per heavy atom. The third-order valence-electron chi connectivity index (χ3n) is 2.83. The summed E-state index contributed by atoms with van der Waals surface area (Å²) in [4.78, 5) is 12.1. The lowest BCUT2D eigenvalue weighted by Gasteiger charge is -2.08. The van der Waals surface area contributed by atoms with Crippen LogP contribution < -0.4 is 5.56 Å². The van der Waals surface area contributed by atoms with Gasteiger partial charge in [0.15, 0.2) is 0 Å². The molecule has 0 bridgehead atoms. The Morgan fingerprint density at radius 3 is 2.72 bits per heavy atom. The number of hydrogen-bond donors (Lipinski definition) is 0. The lowest BCUT2D eigenvalue weighted by Crippen LogP contribution is -2.23. The standard InChI is InChI=1S/C14H19N3O/c1-5-6-7-11(3)16-17-12(4)8-10(2)13(9-15)14(17)18/h8H,5-7H2,1-4H3/b16-11-. The van der Waals surface area contributed by atoms with Crippen LogP contribution in [0.4, 0.5) is 0 Å². The van der Waals surface area contributed by atoms with Gasteiger partial charge in [0.25, 0.3) is 5.56 Å². The van der Waals surface area contributed by atoms with Crippen LogP contribution in [0, 0.1) is 25.2 Å². The summed E-state index contributed by atoms with van der Waals surface area (Å²) in [6, 6.07) is 3.76. The predicted molar refractivity (Wildman–Crippen MR) is 72.9 cm³/mol. The maximum absolute atomic E-state index is 12.1. The Balaban J connectivity index is 3.26. The molecule has 1 rings (SSSR count). The number of pyridine rings is 1. The van der Waals surface area contributed by atoms with Crippen molar-refractivity contribution >= 4 is 5.71 Å². The molecule has 96 valence electrons. The van der Waals surface area contributed by atoms with Gasteiger partial charge in [0.2, 0.25) is 0 Å². The summed E-state index contributed by atoms with van der Waals surface area (Å²) in [5.41, 5.74) is 2.22. The van der Waals surface area contributed by atoms with E-state index in [-0.39, 0.29) is 11.1 Å². The van der Waals surface area contributed by atoms with Crippen molar-refractivity contribution < 1.29 is 0 Å². The summed E-state index contributed by atoms with van der Waals surface area (Å²) < 4.78 is 1.33. The number of nitriles is 1. The topological polar surface area (TPSA) is 58.1 Å². The first-order valence-electron chi connectivity index (χ1n) is 6.19. The van der Waals surface area contributed by atoms with E-state index in [1.807, 2.05) is 26.0 Å². The summed E-state index contributed by atoms with van der Waals surface area (Å²) in [6.07, 6.45) is 3.02. The summed E-state index contributed by atoms with van der Waals surface area (Å²) in [5, 5.41) is 13.3. The fourth-order valence-corrected chi connectivity index (χ4v) is 1.79. The minimum Gasteiger partial charge on any atom is -0.266 e. The molecule has 0 saturated heterocycles. The van der Waals surface area contributed by atoms with Crippen molar-refractivity contribution in [3.8, 4) is 6.07 Å². The van der Waals surface area contributed by atoms with E-state index in [9.17, 15) is 4.79 Å². The van der Waals surface area contributed by atoms with Crippen LogP contribution in [0.5, 0.6) is 0 Å². The van der Waals surface area contributed by atoms with Gasteiger partial charge in [-0.25, -0.2) is 4.68 Å². The molecule has 0 saturated carbocycles. The highest BCUT2D eigenvalue weighted by Gasteiger charge is 2.09. The average Bonchev–Trinajstić information content (AvgIpc) is 2.32. The molecule has 0 aliphatic carbocycles. The van der Waals surface area contributed by atoms with Gasteiger partial charge in [-0.3, -0.25) is 4.79 Å². The van der Waals surface area contributed by atoms with Crippen molar-refractivity contribution in [3.63, 3.8) is 0 Å². The molecule has 1 heterocycles. The molecule has 0 fully saturated rings. The van der Waals surface area contributed by atoms with Gasteiger partial charge in [-0.05, 0) is 45.2 Å². The molecular formula is C14H19N3O. The van der Waals surface area contributed by atoms with Crippen LogP contribution >= 0.6 is 0 Å². The summed E-state index contributed by atoms with van der Waals surface area (Å²) >= 11 is 0. The Morgan fingerprint density at radius 1 is 1.50 bits per heavy atom. The van der Waals surface area contributed by atoms with E-state index in [4.69, 9.17) is 5.26 Å². The van der Waals surface area contributed by atoms with Crippen molar-refractivity contribution in [3.05, 3.63) is 33.2 Å². The zero-order chi connectivity index (χ0) is 13.7. The third-order valence-corrected chi connectivity index (χ3v) is 2.83. The molecule has 0 spiro atoms. The number of unbranched alkanes of at least 4 members (excludes halogenated alkanes) is 1. The molecule has 4 heteroatoms. The van der Waals surface area contributed by atoms with Gasteiger partial charge < -0.3 is 0 Å². The van der Waals surface area contributed by atoms with E-state index in [2.05, 4.69) is 12.0 Å². The van der Waals surface area contributed by atoms with E-state index in [0.717, 1.165) is 30.7 Å². The van der Waals surface area contributed by atoms with Gasteiger partial charge in [0.1, 0.15) is 11.6 Å². The molecule has 0 atom stereocenters. The van der Waals surface area contributed by atoms with E-state index >= 15 is 0 Å². The van der Waals surface area contributed by atoms with Crippen molar-refractivity contribution in [1.82, 2.24) is 4.68 Å². The number of hydrogen-bond acceptors (Lipinski definition) is 3. The second kappa shape index (κ2) is 6.15. The highest BCUT2D eigenvalue weighted by atomic mass is 16.1. The van der Waals surface area contributed by atoms with Gasteiger partial charge in [-0.2, -0.15) is 10.4 Å². The maximum Gasteiger partial charge on any atom is 0.289 e. The number of nitrogens with zero attached hydrogens (tertiary/aromatic N) is 3. The van der Waals surface area contributed by atoms with E-state index < -0.39 is 0 Å². The number of aromatic nitrogens is 1. The fraction of sp³-hybridized carbons (Fsp3) is 0.500. The number of rotatable bonds is 4. The predicted octanol–water partition coefficient (Wildman–Crippen LogP) is 2.75. The summed E-state index contributed by atoms with van der Waals surface area (Å²) in [5.74, 6) is 0. The first-order valence-corrected chi connectivity index (χ1v) is 6.19. The lowest BCUT2D eigenvalue weighted by atomic mass is 10.1. The molecule has 1 aromatic rings. The highest BCUT2D eigenvalue weighted by Crippen LogP contribution is 2.06. The molecule has 0 amide bonds. The summed E-state index contributed by atoms with van der Waals surface area (Å²) in [7, 11) is 0. The normalized spacial score (nSPS) is 11.4. The largest absolute Gasteiger partial charge is 0.289 e. The van der Waals surface area contributed by atoms with Crippen molar-refractivity contribution in [1.29, 1.82) is 5.26 Å². The van der Waals surface area contributed by atoms with Crippen molar-refractivity contribution in [2.75, 3.05) is 0 Å². The first-order chi connectivity index (χ1) is 8.51. The first kappa shape index (κ1) is 14.2. The molecule has 0 N–H and O–H groups in total. The lowest BCUT2D eigenvalue weighted by molar-refractivity contribution is 0.762. The quantitative estimate of drug-likeness (QED) is 0.766. The molecule has 18 heavy (non-hydrogen) atoms. The van der Waals surface area contributed by atoms with Crippen LogP contribution in [0.15, 0.2) is 16.0 Å². The Hall–Kier alpha value is -1.89. The highest BCUT2D eigenvalue weighted by molar-refractivity contribution is 5.81. The van der Waals surface area contributed by atoms with E-state index in [1.165, 1.54) is 4.68 Å².